The van der Waals surface area contributed by atoms with Crippen LogP contribution < -0.4 is 5.56 Å². The first kappa shape index (κ1) is 14.3. The number of nitro benzene ring substituents is 1. The van der Waals surface area contributed by atoms with Crippen LogP contribution in [0.3, 0.4) is 0 Å². The maximum Gasteiger partial charge on any atom is 0.273 e. The van der Waals surface area contributed by atoms with Gasteiger partial charge in [0, 0.05) is 29.3 Å². The van der Waals surface area contributed by atoms with Crippen LogP contribution in [0.1, 0.15) is 5.56 Å². The zero-order chi connectivity index (χ0) is 16.6. The molecule has 2 aromatic carbocycles. The van der Waals surface area contributed by atoms with Crippen LogP contribution in [0.25, 0.3) is 16.6 Å². The highest BCUT2D eigenvalue weighted by molar-refractivity contribution is 5.83. The molecule has 0 amide bonds. The highest BCUT2D eigenvalue weighted by atomic mass is 16.6. The summed E-state index contributed by atoms with van der Waals surface area (Å²) in [7, 11) is 0. The van der Waals surface area contributed by atoms with Crippen molar-refractivity contribution in [1.29, 1.82) is 5.26 Å². The quantitative estimate of drug-likeness (QED) is 0.577. The van der Waals surface area contributed by atoms with Crippen LogP contribution >= 0.6 is 0 Å². The maximum atomic E-state index is 12.5. The average Bonchev–Trinajstić information content (AvgIpc) is 2.54. The maximum absolute atomic E-state index is 12.5. The van der Waals surface area contributed by atoms with Crippen LogP contribution in [0.2, 0.25) is 0 Å². The summed E-state index contributed by atoms with van der Waals surface area (Å²) < 4.78 is 1.25. The van der Waals surface area contributed by atoms with Gasteiger partial charge in [0.05, 0.1) is 10.4 Å². The Morgan fingerprint density at radius 3 is 2.43 bits per heavy atom. The molecular formula is C16H9N3O4. The molecule has 3 rings (SSSR count). The first-order chi connectivity index (χ1) is 11.0. The van der Waals surface area contributed by atoms with E-state index < -0.39 is 10.5 Å². The fraction of sp³-hybridized carbons (Fsp3) is 0. The van der Waals surface area contributed by atoms with Crippen LogP contribution in [-0.2, 0) is 0 Å². The molecule has 0 aliphatic carbocycles. The molecule has 1 heterocycles. The largest absolute Gasteiger partial charge is 0.508 e. The molecule has 0 unspecified atom stereocenters. The van der Waals surface area contributed by atoms with Crippen LogP contribution in [0, 0.1) is 21.4 Å². The molecule has 0 fully saturated rings. The van der Waals surface area contributed by atoms with Gasteiger partial charge in [-0.3, -0.25) is 19.5 Å². The Morgan fingerprint density at radius 2 is 1.83 bits per heavy atom. The Balaban J connectivity index is 2.37. The highest BCUT2D eigenvalue weighted by Crippen LogP contribution is 2.23. The standard InChI is InChI=1S/C16H9N3O4/c17-9-11-7-10-1-6-14(20)8-15(10)18(16(11)21)12-2-4-13(5-3-12)19(22)23/h1-8,20H. The molecule has 0 atom stereocenters. The smallest absolute Gasteiger partial charge is 0.273 e. The molecule has 0 saturated carbocycles. The van der Waals surface area contributed by atoms with E-state index >= 15 is 0 Å². The van der Waals surface area contributed by atoms with E-state index in [0.717, 1.165) is 0 Å². The molecule has 23 heavy (non-hydrogen) atoms. The lowest BCUT2D eigenvalue weighted by Crippen LogP contribution is -2.21. The average molecular weight is 307 g/mol. The van der Waals surface area contributed by atoms with E-state index in [1.807, 2.05) is 6.07 Å². The normalized spacial score (nSPS) is 10.4. The number of nitriles is 1. The number of aromatic nitrogens is 1. The second-order valence-electron chi connectivity index (χ2n) is 4.83. The number of non-ortho nitro benzene ring substituents is 1. The van der Waals surface area contributed by atoms with Crippen LogP contribution in [0.15, 0.2) is 53.3 Å². The summed E-state index contributed by atoms with van der Waals surface area (Å²) in [5, 5.41) is 30.1. The van der Waals surface area contributed by atoms with Gasteiger partial charge in [-0.2, -0.15) is 5.26 Å². The number of hydrogen-bond donors (Lipinski definition) is 1. The van der Waals surface area contributed by atoms with Crippen LogP contribution in [-0.4, -0.2) is 14.6 Å². The van der Waals surface area contributed by atoms with Crippen LogP contribution in [0.5, 0.6) is 5.75 Å². The number of nitro groups is 1. The molecule has 7 heteroatoms. The Bertz CT molecular complexity index is 1030. The third-order valence-corrected chi connectivity index (χ3v) is 3.43. The van der Waals surface area contributed by atoms with Gasteiger partial charge in [-0.1, -0.05) is 0 Å². The van der Waals surface area contributed by atoms with Gasteiger partial charge in [-0.15, -0.1) is 0 Å². The third kappa shape index (κ3) is 2.38. The van der Waals surface area contributed by atoms with Gasteiger partial charge in [0.25, 0.3) is 11.2 Å². The van der Waals surface area contributed by atoms with Crippen molar-refractivity contribution >= 4 is 16.6 Å². The first-order valence-corrected chi connectivity index (χ1v) is 6.55. The van der Waals surface area contributed by atoms with Crippen molar-refractivity contribution in [3.05, 3.63) is 74.6 Å². The van der Waals surface area contributed by atoms with Crippen LogP contribution in [0.4, 0.5) is 5.69 Å². The number of fused-ring (bicyclic) bond motifs is 1. The molecule has 3 aromatic rings. The van der Waals surface area contributed by atoms with Crippen molar-refractivity contribution in [2.75, 3.05) is 0 Å². The molecular weight excluding hydrogens is 298 g/mol. The number of hydrogen-bond acceptors (Lipinski definition) is 5. The number of benzene rings is 2. The number of pyridine rings is 1. The number of nitrogens with zero attached hydrogens (tertiary/aromatic N) is 3. The van der Waals surface area contributed by atoms with Crippen molar-refractivity contribution < 1.29 is 10.0 Å². The molecule has 1 N–H and O–H groups in total. The summed E-state index contributed by atoms with van der Waals surface area (Å²) >= 11 is 0. The molecule has 7 nitrogen and oxygen atoms in total. The summed E-state index contributed by atoms with van der Waals surface area (Å²) in [5.41, 5.74) is 0.0579. The van der Waals surface area contributed by atoms with Gasteiger partial charge in [0.2, 0.25) is 0 Å². The lowest BCUT2D eigenvalue weighted by Gasteiger charge is -2.11. The Hall–Kier alpha value is -3.66. The molecule has 0 saturated heterocycles. The van der Waals surface area contributed by atoms with Crippen molar-refractivity contribution in [3.63, 3.8) is 0 Å². The fourth-order valence-corrected chi connectivity index (χ4v) is 2.35. The highest BCUT2D eigenvalue weighted by Gasteiger charge is 2.13. The monoisotopic (exact) mass is 307 g/mol. The van der Waals surface area contributed by atoms with Crippen molar-refractivity contribution in [1.82, 2.24) is 4.57 Å². The van der Waals surface area contributed by atoms with Crippen molar-refractivity contribution in [2.24, 2.45) is 0 Å². The predicted octanol–water partition coefficient (Wildman–Crippen LogP) is 2.48. The van der Waals surface area contributed by atoms with E-state index in [2.05, 4.69) is 0 Å². The number of phenolic OH excluding ortho intramolecular Hbond substituents is 1. The molecule has 112 valence electrons. The summed E-state index contributed by atoms with van der Waals surface area (Å²) in [5.74, 6) is -0.0303. The van der Waals surface area contributed by atoms with Gasteiger partial charge in [0.1, 0.15) is 17.4 Å². The third-order valence-electron chi connectivity index (χ3n) is 3.43. The minimum absolute atomic E-state index is 0.0303. The van der Waals surface area contributed by atoms with E-state index in [1.54, 1.807) is 6.07 Å². The molecule has 0 aliphatic heterocycles. The minimum atomic E-state index is -0.556. The lowest BCUT2D eigenvalue weighted by molar-refractivity contribution is -0.384. The second kappa shape index (κ2) is 5.27. The van der Waals surface area contributed by atoms with Gasteiger partial charge < -0.3 is 5.11 Å². The van der Waals surface area contributed by atoms with E-state index in [9.17, 15) is 20.0 Å². The van der Waals surface area contributed by atoms with E-state index in [-0.39, 0.29) is 17.0 Å². The zero-order valence-corrected chi connectivity index (χ0v) is 11.6. The van der Waals surface area contributed by atoms with Crippen molar-refractivity contribution in [3.8, 4) is 17.5 Å². The van der Waals surface area contributed by atoms with E-state index in [0.29, 0.717) is 16.6 Å². The first-order valence-electron chi connectivity index (χ1n) is 6.55. The van der Waals surface area contributed by atoms with Gasteiger partial charge in [-0.05, 0) is 30.3 Å². The number of rotatable bonds is 2. The van der Waals surface area contributed by atoms with Crippen molar-refractivity contribution in [2.45, 2.75) is 0 Å². The molecule has 0 aliphatic rings. The van der Waals surface area contributed by atoms with E-state index in [1.165, 1.54) is 47.0 Å². The summed E-state index contributed by atoms with van der Waals surface area (Å²) in [6.07, 6.45) is 0. The molecule has 0 bridgehead atoms. The summed E-state index contributed by atoms with van der Waals surface area (Å²) in [6, 6.07) is 13.1. The number of phenols is 1. The zero-order valence-electron chi connectivity index (χ0n) is 11.6. The van der Waals surface area contributed by atoms with Gasteiger partial charge in [-0.25, -0.2) is 0 Å². The number of aromatic hydroxyl groups is 1. The second-order valence-corrected chi connectivity index (χ2v) is 4.83. The fourth-order valence-electron chi connectivity index (χ4n) is 2.35. The Morgan fingerprint density at radius 1 is 1.13 bits per heavy atom. The predicted molar refractivity (Wildman–Crippen MR) is 82.6 cm³/mol. The van der Waals surface area contributed by atoms with Gasteiger partial charge in [0.15, 0.2) is 0 Å². The molecule has 0 radical (unpaired) electrons. The van der Waals surface area contributed by atoms with E-state index in [4.69, 9.17) is 5.26 Å². The lowest BCUT2D eigenvalue weighted by atomic mass is 10.1. The Kier molecular flexibility index (Phi) is 3.27. The minimum Gasteiger partial charge on any atom is -0.508 e. The topological polar surface area (TPSA) is 109 Å². The van der Waals surface area contributed by atoms with Gasteiger partial charge >= 0.3 is 0 Å². The Labute approximate surface area is 129 Å². The SMILES string of the molecule is N#Cc1cc2ccc(O)cc2n(-c2ccc([N+](=O)[O-])cc2)c1=O. The molecule has 1 aromatic heterocycles. The summed E-state index contributed by atoms with van der Waals surface area (Å²) in [4.78, 5) is 22.7. The summed E-state index contributed by atoms with van der Waals surface area (Å²) in [6.45, 7) is 0. The molecule has 0 spiro atoms.